The van der Waals surface area contributed by atoms with Crippen molar-refractivity contribution < 1.29 is 4.92 Å². The summed E-state index contributed by atoms with van der Waals surface area (Å²) in [7, 11) is 0. The molecule has 1 heterocycles. The van der Waals surface area contributed by atoms with Gasteiger partial charge in [-0.3, -0.25) is 10.1 Å². The van der Waals surface area contributed by atoms with E-state index in [1.54, 1.807) is 12.1 Å². The lowest BCUT2D eigenvalue weighted by molar-refractivity contribution is -0.384. The standard InChI is InChI=1S/C55H39N3O2/c59-58(60)53-29-14-10-22-44(53)45-24-15-26-48-54(45)46-23-7-11-25-47(46)55(48)49-34-38(56(36-16-3-1-4-17-36)37-18-5-2-6-19-37)30-32-40(49)41-33-31-39(35-50(41)55)57-51-27-12-8-20-42(51)43-21-9-13-28-52(43)57/h1-30,32,34,39H,31,33,35H2. The van der Waals surface area contributed by atoms with Crippen molar-refractivity contribution in [3.05, 3.63) is 232 Å². The third kappa shape index (κ3) is 4.80. The van der Waals surface area contributed by atoms with Crippen molar-refractivity contribution in [3.63, 3.8) is 0 Å². The van der Waals surface area contributed by atoms with E-state index in [1.807, 2.05) is 12.1 Å². The number of benzene rings is 8. The van der Waals surface area contributed by atoms with Gasteiger partial charge in [0, 0.05) is 51.0 Å². The predicted molar refractivity (Wildman–Crippen MR) is 244 cm³/mol. The highest BCUT2D eigenvalue weighted by Gasteiger charge is 2.55. The summed E-state index contributed by atoms with van der Waals surface area (Å²) in [6, 6.07) is 68.8. The molecule has 12 rings (SSSR count). The number of nitrogens with zero attached hydrogens (tertiary/aromatic N) is 3. The fraction of sp³-hybridized carbons (Fsp3) is 0.0909. The van der Waals surface area contributed by atoms with Gasteiger partial charge < -0.3 is 9.47 Å². The van der Waals surface area contributed by atoms with Crippen molar-refractivity contribution in [2.75, 3.05) is 4.90 Å². The van der Waals surface area contributed by atoms with Crippen LogP contribution in [0.25, 0.3) is 49.6 Å². The zero-order valence-corrected chi connectivity index (χ0v) is 32.8. The Labute approximate surface area is 348 Å². The molecule has 0 saturated heterocycles. The van der Waals surface area contributed by atoms with Gasteiger partial charge in [-0.05, 0) is 124 Å². The summed E-state index contributed by atoms with van der Waals surface area (Å²) < 4.78 is 2.62. The monoisotopic (exact) mass is 773 g/mol. The van der Waals surface area contributed by atoms with Gasteiger partial charge in [0.1, 0.15) is 0 Å². The second-order valence-electron chi connectivity index (χ2n) is 16.3. The van der Waals surface area contributed by atoms with Crippen LogP contribution in [0.5, 0.6) is 0 Å². The Morgan fingerprint density at radius 1 is 0.533 bits per heavy atom. The van der Waals surface area contributed by atoms with Gasteiger partial charge in [0.15, 0.2) is 0 Å². The summed E-state index contributed by atoms with van der Waals surface area (Å²) in [4.78, 5) is 14.7. The van der Waals surface area contributed by atoms with E-state index in [1.165, 1.54) is 55.2 Å². The maximum absolute atomic E-state index is 12.6. The van der Waals surface area contributed by atoms with E-state index in [0.717, 1.165) is 53.0 Å². The minimum atomic E-state index is -0.622. The summed E-state index contributed by atoms with van der Waals surface area (Å²) in [6.07, 6.45) is 2.83. The van der Waals surface area contributed by atoms with Crippen LogP contribution < -0.4 is 4.90 Å². The zero-order chi connectivity index (χ0) is 40.0. The van der Waals surface area contributed by atoms with E-state index >= 15 is 0 Å². The minimum Gasteiger partial charge on any atom is -0.337 e. The van der Waals surface area contributed by atoms with Gasteiger partial charge in [-0.1, -0.05) is 133 Å². The Morgan fingerprint density at radius 3 is 1.82 bits per heavy atom. The van der Waals surface area contributed by atoms with Crippen molar-refractivity contribution in [1.29, 1.82) is 0 Å². The van der Waals surface area contributed by atoms with E-state index in [2.05, 4.69) is 179 Å². The van der Waals surface area contributed by atoms with Crippen LogP contribution in [0.3, 0.4) is 0 Å². The largest absolute Gasteiger partial charge is 0.337 e. The number of anilines is 3. The molecule has 2 atom stereocenters. The molecule has 8 aromatic carbocycles. The predicted octanol–water partition coefficient (Wildman–Crippen LogP) is 14.3. The molecule has 60 heavy (non-hydrogen) atoms. The first-order valence-electron chi connectivity index (χ1n) is 20.9. The Kier molecular flexibility index (Phi) is 7.64. The molecule has 1 aromatic heterocycles. The molecule has 0 fully saturated rings. The molecule has 286 valence electrons. The highest BCUT2D eigenvalue weighted by Crippen LogP contribution is 2.67. The Bertz CT molecular complexity index is 3140. The molecule has 0 radical (unpaired) electrons. The lowest BCUT2D eigenvalue weighted by Gasteiger charge is -2.37. The first-order valence-corrected chi connectivity index (χ1v) is 20.9. The minimum absolute atomic E-state index is 0.115. The quantitative estimate of drug-likeness (QED) is 0.125. The summed E-state index contributed by atoms with van der Waals surface area (Å²) in [5, 5.41) is 15.2. The van der Waals surface area contributed by atoms with Crippen molar-refractivity contribution in [2.24, 2.45) is 0 Å². The van der Waals surface area contributed by atoms with Crippen LogP contribution in [0.2, 0.25) is 0 Å². The normalized spacial score (nSPS) is 17.4. The molecule has 5 heteroatoms. The summed E-state index contributed by atoms with van der Waals surface area (Å²) in [6.45, 7) is 0. The van der Waals surface area contributed by atoms with Crippen LogP contribution in [-0.2, 0) is 5.41 Å². The third-order valence-corrected chi connectivity index (χ3v) is 13.4. The number of rotatable bonds is 6. The SMILES string of the molecule is O=[N+]([O-])c1ccccc1-c1cccc2c1-c1ccccc1C21C2=C(CCC(n3c4ccccc4c4ccccc43)C2)c2ccc(N(c3ccccc3)c3ccccc3)cc21. The highest BCUT2D eigenvalue weighted by molar-refractivity contribution is 6.08. The fourth-order valence-electron chi connectivity index (χ4n) is 11.2. The summed E-state index contributed by atoms with van der Waals surface area (Å²) in [5.74, 6) is 0. The number of hydrogen-bond acceptors (Lipinski definition) is 3. The number of fused-ring (bicyclic) bond motifs is 12. The Balaban J connectivity index is 1.14. The Hall–Kier alpha value is -7.50. The van der Waals surface area contributed by atoms with E-state index in [-0.39, 0.29) is 16.7 Å². The number of aromatic nitrogens is 1. The lowest BCUT2D eigenvalue weighted by Crippen LogP contribution is -2.30. The van der Waals surface area contributed by atoms with E-state index in [4.69, 9.17) is 0 Å². The van der Waals surface area contributed by atoms with Crippen LogP contribution in [0.4, 0.5) is 22.7 Å². The second-order valence-corrected chi connectivity index (χ2v) is 16.3. The van der Waals surface area contributed by atoms with Crippen LogP contribution in [-0.4, -0.2) is 9.49 Å². The molecule has 2 unspecified atom stereocenters. The number of hydrogen-bond donors (Lipinski definition) is 0. The van der Waals surface area contributed by atoms with E-state index in [9.17, 15) is 10.1 Å². The van der Waals surface area contributed by atoms with Gasteiger partial charge in [-0.15, -0.1) is 0 Å². The zero-order valence-electron chi connectivity index (χ0n) is 32.8. The number of para-hydroxylation sites is 5. The molecular formula is C55H39N3O2. The number of nitro groups is 1. The summed E-state index contributed by atoms with van der Waals surface area (Å²) >= 11 is 0. The lowest BCUT2D eigenvalue weighted by atomic mass is 9.67. The first-order chi connectivity index (χ1) is 29.6. The molecule has 9 aromatic rings. The molecule has 0 N–H and O–H groups in total. The molecule has 0 amide bonds. The third-order valence-electron chi connectivity index (χ3n) is 13.4. The molecule has 3 aliphatic carbocycles. The highest BCUT2D eigenvalue weighted by atomic mass is 16.6. The van der Waals surface area contributed by atoms with Gasteiger partial charge in [-0.25, -0.2) is 0 Å². The second kappa shape index (κ2) is 13.3. The number of allylic oxidation sites excluding steroid dienone is 2. The van der Waals surface area contributed by atoms with Gasteiger partial charge in [0.25, 0.3) is 5.69 Å². The maximum atomic E-state index is 12.6. The molecule has 5 nitrogen and oxygen atoms in total. The summed E-state index contributed by atoms with van der Waals surface area (Å²) in [5.41, 5.74) is 16.9. The molecule has 0 bridgehead atoms. The van der Waals surface area contributed by atoms with Gasteiger partial charge in [0.05, 0.1) is 15.9 Å². The molecule has 0 saturated carbocycles. The van der Waals surface area contributed by atoms with Crippen LogP contribution in [0.1, 0.15) is 47.6 Å². The maximum Gasteiger partial charge on any atom is 0.277 e. The van der Waals surface area contributed by atoms with Crippen LogP contribution >= 0.6 is 0 Å². The van der Waals surface area contributed by atoms with Crippen molar-refractivity contribution in [3.8, 4) is 22.3 Å². The first kappa shape index (κ1) is 34.5. The molecule has 1 spiro atoms. The van der Waals surface area contributed by atoms with Crippen LogP contribution in [0.15, 0.2) is 200 Å². The van der Waals surface area contributed by atoms with Crippen molar-refractivity contribution in [1.82, 2.24) is 4.57 Å². The Morgan fingerprint density at radius 2 is 1.12 bits per heavy atom. The topological polar surface area (TPSA) is 51.3 Å². The molecular weight excluding hydrogens is 735 g/mol. The smallest absolute Gasteiger partial charge is 0.277 e. The number of nitro benzene ring substituents is 1. The molecule has 3 aliphatic rings. The van der Waals surface area contributed by atoms with Gasteiger partial charge in [0.2, 0.25) is 0 Å². The van der Waals surface area contributed by atoms with E-state index < -0.39 is 5.41 Å². The van der Waals surface area contributed by atoms with Crippen LogP contribution in [0, 0.1) is 10.1 Å². The van der Waals surface area contributed by atoms with Gasteiger partial charge in [-0.2, -0.15) is 0 Å². The van der Waals surface area contributed by atoms with Crippen molar-refractivity contribution in [2.45, 2.75) is 30.7 Å². The van der Waals surface area contributed by atoms with Gasteiger partial charge >= 0.3 is 0 Å². The average Bonchev–Trinajstić information content (AvgIpc) is 3.91. The fourth-order valence-corrected chi connectivity index (χ4v) is 11.2. The molecule has 0 aliphatic heterocycles. The van der Waals surface area contributed by atoms with Crippen molar-refractivity contribution >= 4 is 50.1 Å². The average molecular weight is 774 g/mol. The van der Waals surface area contributed by atoms with E-state index in [0.29, 0.717) is 5.56 Å².